The molecule has 0 bridgehead atoms. The Balaban J connectivity index is 0. The van der Waals surface area contributed by atoms with Crippen LogP contribution in [0.4, 0.5) is 0 Å². The Morgan fingerprint density at radius 2 is 1.44 bits per heavy atom. The molecule has 0 saturated carbocycles. The van der Waals surface area contributed by atoms with Gasteiger partial charge < -0.3 is 17.5 Å². The second kappa shape index (κ2) is 6.43. The minimum Gasteiger partial charge on any atom is -1.00 e. The van der Waals surface area contributed by atoms with E-state index in [0.717, 1.165) is 0 Å². The van der Waals surface area contributed by atoms with Crippen molar-refractivity contribution >= 4 is 0 Å². The molecule has 0 aliphatic heterocycles. The van der Waals surface area contributed by atoms with E-state index in [1.807, 2.05) is 6.07 Å². The molecule has 44 valence electrons. The summed E-state index contributed by atoms with van der Waals surface area (Å²) in [5.41, 5.74) is 0. The average molecular weight is 153 g/mol. The molecule has 0 saturated heterocycles. The van der Waals surface area contributed by atoms with Crippen molar-refractivity contribution in [3.63, 3.8) is 0 Å². The number of hydrogen-bond donors (Lipinski definition) is 1. The smallest absolute Gasteiger partial charge is 1.00 e. The van der Waals surface area contributed by atoms with E-state index in [2.05, 4.69) is 0 Å². The van der Waals surface area contributed by atoms with Crippen LogP contribution in [-0.4, -0.2) is 5.11 Å². The van der Waals surface area contributed by atoms with Crippen molar-refractivity contribution in [2.75, 3.05) is 0 Å². The Morgan fingerprint density at radius 1 is 1.00 bits per heavy atom. The molecule has 0 spiro atoms. The quantitative estimate of drug-likeness (QED) is 0.371. The van der Waals surface area contributed by atoms with Gasteiger partial charge >= 0.3 is 29.6 Å². The van der Waals surface area contributed by atoms with Crippen molar-refractivity contribution in [1.29, 1.82) is 0 Å². The fourth-order valence-electron chi connectivity index (χ4n) is 0.428. The predicted octanol–water partition coefficient (Wildman–Crippen LogP) is -4.60. The van der Waals surface area contributed by atoms with Gasteiger partial charge in [0.2, 0.25) is 0 Å². The number of rotatable bonds is 0. The summed E-state index contributed by atoms with van der Waals surface area (Å²) < 4.78 is 0. The van der Waals surface area contributed by atoms with Gasteiger partial charge in [-0.3, -0.25) is 0 Å². The Bertz CT molecular complexity index is 143. The number of benzene rings is 1. The van der Waals surface area contributed by atoms with E-state index in [0.29, 0.717) is 5.75 Å². The first-order valence-corrected chi connectivity index (χ1v) is 2.13. The van der Waals surface area contributed by atoms with Crippen LogP contribution in [-0.2, 0) is 0 Å². The Labute approximate surface area is 82.8 Å². The second-order valence-corrected chi connectivity index (χ2v) is 1.34. The molecule has 0 radical (unpaired) electrons. The summed E-state index contributed by atoms with van der Waals surface area (Å²) in [6.07, 6.45) is 0. The van der Waals surface area contributed by atoms with E-state index >= 15 is 0 Å². The van der Waals surface area contributed by atoms with Gasteiger partial charge in [0, 0.05) is 0 Å². The number of para-hydroxylation sites is 1. The second-order valence-electron chi connectivity index (χ2n) is 1.34. The van der Waals surface area contributed by atoms with Crippen LogP contribution < -0.4 is 42.0 Å². The van der Waals surface area contributed by atoms with Crippen molar-refractivity contribution in [2.45, 2.75) is 0 Å². The molecule has 0 aromatic heterocycles. The van der Waals surface area contributed by atoms with Crippen LogP contribution in [0.2, 0.25) is 0 Å². The van der Waals surface area contributed by atoms with E-state index in [9.17, 15) is 0 Å². The predicted molar refractivity (Wildman–Crippen MR) is 28.1 cm³/mol. The SMILES string of the molecule is Oc1ccccc1.[Cl-].[Na+]. The first-order valence-electron chi connectivity index (χ1n) is 2.13. The molecule has 0 aliphatic rings. The molecule has 1 N–H and O–H groups in total. The molecule has 9 heavy (non-hydrogen) atoms. The molecule has 0 heterocycles. The minimum absolute atomic E-state index is 0. The fourth-order valence-corrected chi connectivity index (χ4v) is 0.428. The van der Waals surface area contributed by atoms with Crippen LogP contribution in [0.3, 0.4) is 0 Å². The maximum absolute atomic E-state index is 8.63. The summed E-state index contributed by atoms with van der Waals surface area (Å²) >= 11 is 0. The molecule has 1 aromatic rings. The molecule has 1 nitrogen and oxygen atoms in total. The van der Waals surface area contributed by atoms with Gasteiger partial charge in [-0.25, -0.2) is 0 Å². The van der Waals surface area contributed by atoms with Gasteiger partial charge in [0.05, 0.1) is 0 Å². The van der Waals surface area contributed by atoms with E-state index in [1.165, 1.54) is 0 Å². The number of phenols is 1. The monoisotopic (exact) mass is 152 g/mol. The topological polar surface area (TPSA) is 20.2 Å². The molecule has 3 heteroatoms. The number of phenolic OH excluding ortho intramolecular Hbond substituents is 1. The summed E-state index contributed by atoms with van der Waals surface area (Å²) in [5.74, 6) is 0.322. The van der Waals surface area contributed by atoms with E-state index in [4.69, 9.17) is 5.11 Å². The third-order valence-electron chi connectivity index (χ3n) is 0.756. The number of aromatic hydroxyl groups is 1. The van der Waals surface area contributed by atoms with E-state index < -0.39 is 0 Å². The van der Waals surface area contributed by atoms with Crippen molar-refractivity contribution < 1.29 is 47.1 Å². The number of halogens is 1. The summed E-state index contributed by atoms with van der Waals surface area (Å²) in [7, 11) is 0. The number of hydrogen-bond acceptors (Lipinski definition) is 1. The third-order valence-corrected chi connectivity index (χ3v) is 0.756. The molecule has 1 rings (SSSR count). The van der Waals surface area contributed by atoms with Crippen molar-refractivity contribution in [1.82, 2.24) is 0 Å². The summed E-state index contributed by atoms with van der Waals surface area (Å²) in [6, 6.07) is 8.71. The zero-order valence-electron chi connectivity index (χ0n) is 5.21. The van der Waals surface area contributed by atoms with E-state index in [-0.39, 0.29) is 42.0 Å². The molecule has 1 aromatic carbocycles. The van der Waals surface area contributed by atoms with Gasteiger partial charge in [-0.1, -0.05) is 18.2 Å². The Morgan fingerprint density at radius 3 is 1.67 bits per heavy atom. The maximum Gasteiger partial charge on any atom is 1.00 e. The van der Waals surface area contributed by atoms with Crippen LogP contribution in [0.1, 0.15) is 0 Å². The molecule has 0 fully saturated rings. The summed E-state index contributed by atoms with van der Waals surface area (Å²) in [6.45, 7) is 0. The van der Waals surface area contributed by atoms with E-state index in [1.54, 1.807) is 24.3 Å². The van der Waals surface area contributed by atoms with Gasteiger partial charge in [-0.2, -0.15) is 0 Å². The Hall–Kier alpha value is 0.310. The van der Waals surface area contributed by atoms with Crippen molar-refractivity contribution in [2.24, 2.45) is 0 Å². The van der Waals surface area contributed by atoms with Crippen LogP contribution >= 0.6 is 0 Å². The molecule has 0 unspecified atom stereocenters. The summed E-state index contributed by atoms with van der Waals surface area (Å²) in [4.78, 5) is 0. The molecular weight excluding hydrogens is 147 g/mol. The summed E-state index contributed by atoms with van der Waals surface area (Å²) in [5, 5.41) is 8.63. The molecule has 0 atom stereocenters. The fraction of sp³-hybridized carbons (Fsp3) is 0. The molecular formula is C6H6ClNaO. The average Bonchev–Trinajstić information content (AvgIpc) is 1.69. The molecule has 0 amide bonds. The van der Waals surface area contributed by atoms with Crippen LogP contribution in [0.5, 0.6) is 5.75 Å². The van der Waals surface area contributed by atoms with Gasteiger partial charge in [0.25, 0.3) is 0 Å². The zero-order chi connectivity index (χ0) is 5.11. The Kier molecular flexibility index (Phi) is 8.60. The zero-order valence-corrected chi connectivity index (χ0v) is 7.97. The minimum atomic E-state index is 0. The first-order chi connectivity index (χ1) is 3.39. The van der Waals surface area contributed by atoms with Gasteiger partial charge in [0.15, 0.2) is 0 Å². The van der Waals surface area contributed by atoms with Gasteiger partial charge in [-0.05, 0) is 12.1 Å². The van der Waals surface area contributed by atoms with Gasteiger partial charge in [-0.15, -0.1) is 0 Å². The van der Waals surface area contributed by atoms with Crippen molar-refractivity contribution in [3.8, 4) is 5.75 Å². The largest absolute Gasteiger partial charge is 1.00 e. The normalized spacial score (nSPS) is 6.67. The molecule has 0 aliphatic carbocycles. The maximum atomic E-state index is 8.63. The van der Waals surface area contributed by atoms with Crippen LogP contribution in [0.15, 0.2) is 30.3 Å². The van der Waals surface area contributed by atoms with Crippen LogP contribution in [0.25, 0.3) is 0 Å². The third kappa shape index (κ3) is 4.79. The van der Waals surface area contributed by atoms with Crippen LogP contribution in [0, 0.1) is 0 Å². The van der Waals surface area contributed by atoms with Gasteiger partial charge in [0.1, 0.15) is 5.75 Å². The van der Waals surface area contributed by atoms with Crippen molar-refractivity contribution in [3.05, 3.63) is 30.3 Å². The standard InChI is InChI=1S/C6H6O.ClH.Na/c7-6-4-2-1-3-5-6;;/h1-5,7H;1H;/q;;+1/p-1. The first kappa shape index (κ1) is 12.0.